The van der Waals surface area contributed by atoms with E-state index < -0.39 is 0 Å². The summed E-state index contributed by atoms with van der Waals surface area (Å²) < 4.78 is 5.60. The fourth-order valence-electron chi connectivity index (χ4n) is 2.13. The maximum atomic E-state index is 12.0. The highest BCUT2D eigenvalue weighted by molar-refractivity contribution is 6.30. The Hall–Kier alpha value is -2.20. The number of amides is 1. The summed E-state index contributed by atoms with van der Waals surface area (Å²) in [5.41, 5.74) is 2.64. The highest BCUT2D eigenvalue weighted by Crippen LogP contribution is 2.20. The lowest BCUT2D eigenvalue weighted by Crippen LogP contribution is -2.22. The molecular weight excluding hydrogens is 324 g/mol. The molecule has 0 spiro atoms. The van der Waals surface area contributed by atoms with Gasteiger partial charge in [-0.25, -0.2) is 0 Å². The van der Waals surface area contributed by atoms with Crippen LogP contribution >= 0.6 is 11.6 Å². The Bertz CT molecular complexity index is 672. The van der Waals surface area contributed by atoms with E-state index in [1.807, 2.05) is 49.4 Å². The van der Waals surface area contributed by atoms with Gasteiger partial charge >= 0.3 is 0 Å². The molecule has 0 atom stereocenters. The lowest BCUT2D eigenvalue weighted by molar-refractivity contribution is -0.114. The van der Waals surface area contributed by atoms with Gasteiger partial charge in [-0.15, -0.1) is 0 Å². The van der Waals surface area contributed by atoms with Gasteiger partial charge in [0.25, 0.3) is 0 Å². The first-order chi connectivity index (χ1) is 11.6. The standard InChI is InChI=1S/C19H23ClN2O2/c1-3-4-11-24-17-9-7-16(8-10-17)22-19(23)13-21-18-12-15(20)6-5-14(18)2/h5-10,12,21H,3-4,11,13H2,1-2H3,(H,22,23). The molecule has 0 saturated heterocycles. The lowest BCUT2D eigenvalue weighted by atomic mass is 10.2. The first kappa shape index (κ1) is 18.1. The SMILES string of the molecule is CCCCOc1ccc(NC(=O)CNc2cc(Cl)ccc2C)cc1. The van der Waals surface area contributed by atoms with E-state index in [4.69, 9.17) is 16.3 Å². The van der Waals surface area contributed by atoms with Crippen LogP contribution in [0.2, 0.25) is 5.02 Å². The highest BCUT2D eigenvalue weighted by Gasteiger charge is 2.05. The van der Waals surface area contributed by atoms with Crippen LogP contribution in [0.5, 0.6) is 5.75 Å². The van der Waals surface area contributed by atoms with Crippen molar-refractivity contribution < 1.29 is 9.53 Å². The van der Waals surface area contributed by atoms with Crippen molar-refractivity contribution in [3.8, 4) is 5.75 Å². The van der Waals surface area contributed by atoms with E-state index in [2.05, 4.69) is 17.6 Å². The summed E-state index contributed by atoms with van der Waals surface area (Å²) in [7, 11) is 0. The molecule has 0 saturated carbocycles. The van der Waals surface area contributed by atoms with E-state index in [-0.39, 0.29) is 12.5 Å². The summed E-state index contributed by atoms with van der Waals surface area (Å²) >= 11 is 5.97. The Labute approximate surface area is 148 Å². The van der Waals surface area contributed by atoms with Gasteiger partial charge in [0.1, 0.15) is 5.75 Å². The first-order valence-electron chi connectivity index (χ1n) is 8.11. The van der Waals surface area contributed by atoms with Crippen LogP contribution in [-0.2, 0) is 4.79 Å². The van der Waals surface area contributed by atoms with E-state index in [1.165, 1.54) is 0 Å². The number of ether oxygens (including phenoxy) is 1. The topological polar surface area (TPSA) is 50.4 Å². The highest BCUT2D eigenvalue weighted by atomic mass is 35.5. The number of unbranched alkanes of at least 4 members (excludes halogenated alkanes) is 1. The number of carbonyl (C=O) groups is 1. The van der Waals surface area contributed by atoms with Crippen LogP contribution in [-0.4, -0.2) is 19.1 Å². The molecule has 1 amide bonds. The predicted octanol–water partition coefficient (Wildman–Crippen LogP) is 4.88. The Morgan fingerprint density at radius 2 is 1.92 bits per heavy atom. The minimum Gasteiger partial charge on any atom is -0.494 e. The molecule has 0 heterocycles. The second kappa shape index (κ2) is 9.18. The zero-order valence-electron chi connectivity index (χ0n) is 14.1. The fourth-order valence-corrected chi connectivity index (χ4v) is 2.31. The van der Waals surface area contributed by atoms with Crippen LogP contribution in [0.15, 0.2) is 42.5 Å². The van der Waals surface area contributed by atoms with Crippen LogP contribution in [0.3, 0.4) is 0 Å². The normalized spacial score (nSPS) is 10.3. The van der Waals surface area contributed by atoms with E-state index in [9.17, 15) is 4.79 Å². The van der Waals surface area contributed by atoms with E-state index >= 15 is 0 Å². The van der Waals surface area contributed by atoms with Gasteiger partial charge in [-0.1, -0.05) is 31.0 Å². The number of halogens is 1. The van der Waals surface area contributed by atoms with E-state index in [0.29, 0.717) is 11.6 Å². The summed E-state index contributed by atoms with van der Waals surface area (Å²) in [6.45, 7) is 4.98. The number of hydrogen-bond donors (Lipinski definition) is 2. The third kappa shape index (κ3) is 5.78. The molecular formula is C19H23ClN2O2. The maximum Gasteiger partial charge on any atom is 0.243 e. The van der Waals surface area contributed by atoms with Gasteiger partial charge < -0.3 is 15.4 Å². The van der Waals surface area contributed by atoms with Crippen LogP contribution in [0, 0.1) is 6.92 Å². The summed E-state index contributed by atoms with van der Waals surface area (Å²) in [4.78, 5) is 12.0. The lowest BCUT2D eigenvalue weighted by Gasteiger charge is -2.11. The van der Waals surface area contributed by atoms with E-state index in [0.717, 1.165) is 35.5 Å². The van der Waals surface area contributed by atoms with Crippen molar-refractivity contribution in [3.05, 3.63) is 53.1 Å². The van der Waals surface area contributed by atoms with Gasteiger partial charge in [0, 0.05) is 16.4 Å². The Balaban J connectivity index is 1.82. The summed E-state index contributed by atoms with van der Waals surface area (Å²) in [5.74, 6) is 0.697. The minimum absolute atomic E-state index is 0.117. The fraction of sp³-hybridized carbons (Fsp3) is 0.316. The van der Waals surface area contributed by atoms with Gasteiger partial charge in [-0.2, -0.15) is 0 Å². The van der Waals surface area contributed by atoms with Crippen molar-refractivity contribution in [1.82, 2.24) is 0 Å². The van der Waals surface area contributed by atoms with Gasteiger partial charge in [0.15, 0.2) is 0 Å². The van der Waals surface area contributed by atoms with Crippen molar-refractivity contribution in [1.29, 1.82) is 0 Å². The van der Waals surface area contributed by atoms with Gasteiger partial charge in [0.05, 0.1) is 13.2 Å². The van der Waals surface area contributed by atoms with Crippen molar-refractivity contribution in [2.24, 2.45) is 0 Å². The van der Waals surface area contributed by atoms with Crippen LogP contribution < -0.4 is 15.4 Å². The zero-order valence-corrected chi connectivity index (χ0v) is 14.8. The van der Waals surface area contributed by atoms with Crippen molar-refractivity contribution in [3.63, 3.8) is 0 Å². The monoisotopic (exact) mass is 346 g/mol. The summed E-state index contributed by atoms with van der Waals surface area (Å²) in [6, 6.07) is 13.0. The molecule has 4 nitrogen and oxygen atoms in total. The number of benzene rings is 2. The van der Waals surface area contributed by atoms with Crippen molar-refractivity contribution in [2.75, 3.05) is 23.8 Å². The molecule has 0 aliphatic heterocycles. The molecule has 2 aromatic carbocycles. The van der Waals surface area contributed by atoms with Gasteiger partial charge in [0.2, 0.25) is 5.91 Å². The van der Waals surface area contributed by atoms with Crippen molar-refractivity contribution >= 4 is 28.9 Å². The molecule has 128 valence electrons. The van der Waals surface area contributed by atoms with Gasteiger partial charge in [-0.05, 0) is 55.3 Å². The second-order valence-corrected chi connectivity index (χ2v) is 6.02. The molecule has 0 bridgehead atoms. The van der Waals surface area contributed by atoms with Crippen LogP contribution in [0.4, 0.5) is 11.4 Å². The van der Waals surface area contributed by atoms with Crippen LogP contribution in [0.1, 0.15) is 25.3 Å². The summed E-state index contributed by atoms with van der Waals surface area (Å²) in [5, 5.41) is 6.59. The number of aryl methyl sites for hydroxylation is 1. The third-order valence-corrected chi connectivity index (χ3v) is 3.78. The largest absolute Gasteiger partial charge is 0.494 e. The number of rotatable bonds is 8. The maximum absolute atomic E-state index is 12.0. The second-order valence-electron chi connectivity index (χ2n) is 5.59. The average molecular weight is 347 g/mol. The smallest absolute Gasteiger partial charge is 0.243 e. The number of hydrogen-bond acceptors (Lipinski definition) is 3. The third-order valence-electron chi connectivity index (χ3n) is 3.54. The number of anilines is 2. The Kier molecular flexibility index (Phi) is 6.94. The molecule has 0 aliphatic carbocycles. The molecule has 0 aliphatic rings. The Morgan fingerprint density at radius 3 is 2.62 bits per heavy atom. The van der Waals surface area contributed by atoms with Gasteiger partial charge in [-0.3, -0.25) is 4.79 Å². The molecule has 5 heteroatoms. The average Bonchev–Trinajstić information content (AvgIpc) is 2.57. The molecule has 0 fully saturated rings. The quantitative estimate of drug-likeness (QED) is 0.670. The predicted molar refractivity (Wildman–Crippen MR) is 100 cm³/mol. The number of nitrogens with one attached hydrogen (secondary N) is 2. The zero-order chi connectivity index (χ0) is 17.4. The summed E-state index contributed by atoms with van der Waals surface area (Å²) in [6.07, 6.45) is 2.14. The molecule has 0 radical (unpaired) electrons. The molecule has 0 unspecified atom stereocenters. The molecule has 24 heavy (non-hydrogen) atoms. The van der Waals surface area contributed by atoms with Crippen LogP contribution in [0.25, 0.3) is 0 Å². The minimum atomic E-state index is -0.117. The molecule has 2 aromatic rings. The van der Waals surface area contributed by atoms with Crippen molar-refractivity contribution in [2.45, 2.75) is 26.7 Å². The first-order valence-corrected chi connectivity index (χ1v) is 8.49. The molecule has 2 rings (SSSR count). The Morgan fingerprint density at radius 1 is 1.17 bits per heavy atom. The van der Waals surface area contributed by atoms with E-state index in [1.54, 1.807) is 0 Å². The molecule has 2 N–H and O–H groups in total. The number of carbonyl (C=O) groups excluding carboxylic acids is 1. The molecule has 0 aromatic heterocycles.